The van der Waals surface area contributed by atoms with Gasteiger partial charge in [0.15, 0.2) is 0 Å². The number of carbonyl (C=O) groups excluding carboxylic acids is 1. The highest BCUT2D eigenvalue weighted by atomic mass is 16.6. The summed E-state index contributed by atoms with van der Waals surface area (Å²) in [4.78, 5) is 31.8. The number of rotatable bonds is 8. The summed E-state index contributed by atoms with van der Waals surface area (Å²) in [6.45, 7) is 6.16. The third-order valence-electron chi connectivity index (χ3n) is 2.98. The zero-order chi connectivity index (χ0) is 19.0. The van der Waals surface area contributed by atoms with Crippen molar-refractivity contribution in [3.05, 3.63) is 38.4 Å². The molecule has 10 heteroatoms. The molecule has 2 N–H and O–H groups in total. The summed E-state index contributed by atoms with van der Waals surface area (Å²) in [6, 6.07) is 3.45. The number of nitro groups is 2. The second-order valence-electron chi connectivity index (χ2n) is 6.28. The lowest BCUT2D eigenvalue weighted by Crippen LogP contribution is -2.33. The lowest BCUT2D eigenvalue weighted by Gasteiger charge is -2.19. The minimum absolute atomic E-state index is 0.218. The van der Waals surface area contributed by atoms with Crippen LogP contribution in [0, 0.1) is 20.2 Å². The monoisotopic (exact) mass is 354 g/mol. The minimum atomic E-state index is -0.681. The van der Waals surface area contributed by atoms with E-state index in [-0.39, 0.29) is 17.1 Å². The zero-order valence-electron chi connectivity index (χ0n) is 14.4. The van der Waals surface area contributed by atoms with Crippen LogP contribution in [0.4, 0.5) is 21.9 Å². The van der Waals surface area contributed by atoms with E-state index in [1.165, 1.54) is 12.1 Å². The van der Waals surface area contributed by atoms with Gasteiger partial charge in [0.05, 0.1) is 15.9 Å². The highest BCUT2D eigenvalue weighted by Gasteiger charge is 2.19. The van der Waals surface area contributed by atoms with Gasteiger partial charge in [-0.3, -0.25) is 20.2 Å². The first-order chi connectivity index (χ1) is 11.6. The maximum atomic E-state index is 11.4. The van der Waals surface area contributed by atoms with Crippen LogP contribution in [0.5, 0.6) is 0 Å². The van der Waals surface area contributed by atoms with Gasteiger partial charge in [-0.2, -0.15) is 0 Å². The molecule has 25 heavy (non-hydrogen) atoms. The van der Waals surface area contributed by atoms with Crippen molar-refractivity contribution in [2.75, 3.05) is 18.4 Å². The molecular weight excluding hydrogens is 332 g/mol. The number of benzene rings is 1. The highest BCUT2D eigenvalue weighted by molar-refractivity contribution is 5.67. The normalized spacial score (nSPS) is 10.8. The van der Waals surface area contributed by atoms with Gasteiger partial charge in [-0.25, -0.2) is 4.79 Å². The molecule has 0 aliphatic carbocycles. The number of hydrogen-bond donors (Lipinski definition) is 2. The molecule has 0 aliphatic rings. The molecule has 1 amide bonds. The molecule has 0 radical (unpaired) electrons. The van der Waals surface area contributed by atoms with E-state index in [2.05, 4.69) is 10.6 Å². The van der Waals surface area contributed by atoms with Crippen LogP contribution < -0.4 is 10.6 Å². The molecule has 10 nitrogen and oxygen atoms in total. The molecule has 0 saturated carbocycles. The summed E-state index contributed by atoms with van der Waals surface area (Å²) in [6.07, 6.45) is 0.795. The summed E-state index contributed by atoms with van der Waals surface area (Å²) in [5, 5.41) is 27.2. The fourth-order valence-corrected chi connectivity index (χ4v) is 1.91. The van der Waals surface area contributed by atoms with E-state index in [0.717, 1.165) is 6.07 Å². The largest absolute Gasteiger partial charge is 0.444 e. The van der Waals surface area contributed by atoms with Crippen molar-refractivity contribution >= 4 is 23.2 Å². The molecule has 0 saturated heterocycles. The molecule has 0 bridgehead atoms. The Labute approximate surface area is 144 Å². The summed E-state index contributed by atoms with van der Waals surface area (Å²) < 4.78 is 5.09. The van der Waals surface area contributed by atoms with Crippen LogP contribution in [-0.2, 0) is 4.74 Å². The molecule has 0 unspecified atom stereocenters. The Balaban J connectivity index is 2.40. The van der Waals surface area contributed by atoms with Crippen LogP contribution in [-0.4, -0.2) is 34.6 Å². The third-order valence-corrected chi connectivity index (χ3v) is 2.98. The van der Waals surface area contributed by atoms with Crippen molar-refractivity contribution in [3.63, 3.8) is 0 Å². The molecule has 1 aromatic carbocycles. The Bertz CT molecular complexity index is 641. The predicted molar refractivity (Wildman–Crippen MR) is 91.7 cm³/mol. The highest BCUT2D eigenvalue weighted by Crippen LogP contribution is 2.28. The van der Waals surface area contributed by atoms with Gasteiger partial charge in [-0.1, -0.05) is 0 Å². The smallest absolute Gasteiger partial charge is 0.407 e. The van der Waals surface area contributed by atoms with Crippen molar-refractivity contribution in [3.8, 4) is 0 Å². The third kappa shape index (κ3) is 7.46. The molecule has 0 heterocycles. The number of anilines is 1. The predicted octanol–water partition coefficient (Wildman–Crippen LogP) is 3.22. The number of nitrogens with zero attached hydrogens (tertiary/aromatic N) is 2. The number of hydrogen-bond acceptors (Lipinski definition) is 7. The number of unbranched alkanes of at least 4 members (excludes halogenated alkanes) is 1. The number of nitro benzene ring substituents is 2. The molecule has 0 spiro atoms. The van der Waals surface area contributed by atoms with Crippen LogP contribution in [0.2, 0.25) is 0 Å². The first-order valence-electron chi connectivity index (χ1n) is 7.74. The average molecular weight is 354 g/mol. The van der Waals surface area contributed by atoms with Crippen LogP contribution in [0.3, 0.4) is 0 Å². The number of ether oxygens (including phenoxy) is 1. The van der Waals surface area contributed by atoms with E-state index >= 15 is 0 Å². The van der Waals surface area contributed by atoms with Gasteiger partial charge in [0.1, 0.15) is 11.3 Å². The molecule has 1 aromatic rings. The van der Waals surface area contributed by atoms with E-state index in [0.29, 0.717) is 25.9 Å². The van der Waals surface area contributed by atoms with Crippen LogP contribution in [0.15, 0.2) is 18.2 Å². The second kappa shape index (κ2) is 8.81. The average Bonchev–Trinajstić information content (AvgIpc) is 2.48. The fraction of sp³-hybridized carbons (Fsp3) is 0.533. The molecule has 0 atom stereocenters. The Hall–Kier alpha value is -2.91. The van der Waals surface area contributed by atoms with Crippen molar-refractivity contribution in [1.82, 2.24) is 5.32 Å². The van der Waals surface area contributed by atoms with Gasteiger partial charge < -0.3 is 15.4 Å². The Morgan fingerprint density at radius 2 is 1.76 bits per heavy atom. The van der Waals surface area contributed by atoms with Gasteiger partial charge in [-0.15, -0.1) is 0 Å². The molecule has 0 fully saturated rings. The van der Waals surface area contributed by atoms with Crippen LogP contribution in [0.1, 0.15) is 33.6 Å². The fourth-order valence-electron chi connectivity index (χ4n) is 1.91. The number of non-ortho nitro benzene ring substituents is 1. The van der Waals surface area contributed by atoms with Gasteiger partial charge in [0.2, 0.25) is 0 Å². The summed E-state index contributed by atoms with van der Waals surface area (Å²) >= 11 is 0. The Morgan fingerprint density at radius 1 is 1.12 bits per heavy atom. The van der Waals surface area contributed by atoms with E-state index in [9.17, 15) is 25.0 Å². The van der Waals surface area contributed by atoms with Crippen molar-refractivity contribution in [1.29, 1.82) is 0 Å². The molecule has 0 aromatic heterocycles. The van der Waals surface area contributed by atoms with Gasteiger partial charge in [-0.05, 0) is 39.7 Å². The number of alkyl carbamates (subject to hydrolysis) is 1. The first kappa shape index (κ1) is 20.1. The lowest BCUT2D eigenvalue weighted by atomic mass is 10.2. The zero-order valence-corrected chi connectivity index (χ0v) is 14.4. The van der Waals surface area contributed by atoms with E-state index in [4.69, 9.17) is 4.74 Å². The standard InChI is InChI=1S/C15H22N4O6/c1-15(2,3)25-14(20)17-9-5-4-8-16-12-7-6-11(18(21)22)10-13(12)19(23)24/h6-7,10,16H,4-5,8-9H2,1-3H3,(H,17,20). The Morgan fingerprint density at radius 3 is 2.32 bits per heavy atom. The summed E-state index contributed by atoms with van der Waals surface area (Å²) in [5.41, 5.74) is -1.02. The first-order valence-corrected chi connectivity index (χ1v) is 7.74. The van der Waals surface area contributed by atoms with Gasteiger partial charge in [0.25, 0.3) is 11.4 Å². The maximum absolute atomic E-state index is 11.4. The van der Waals surface area contributed by atoms with E-state index < -0.39 is 21.5 Å². The maximum Gasteiger partial charge on any atom is 0.407 e. The number of amides is 1. The van der Waals surface area contributed by atoms with Crippen molar-refractivity contribution in [2.45, 2.75) is 39.2 Å². The SMILES string of the molecule is CC(C)(C)OC(=O)NCCCCNc1ccc([N+](=O)[O-])cc1[N+](=O)[O-]. The van der Waals surface area contributed by atoms with Gasteiger partial charge in [0, 0.05) is 19.2 Å². The van der Waals surface area contributed by atoms with E-state index in [1.54, 1.807) is 20.8 Å². The minimum Gasteiger partial charge on any atom is -0.444 e. The van der Waals surface area contributed by atoms with Crippen LogP contribution >= 0.6 is 0 Å². The molecule has 0 aliphatic heterocycles. The molecule has 1 rings (SSSR count). The van der Waals surface area contributed by atoms with Crippen molar-refractivity contribution < 1.29 is 19.4 Å². The topological polar surface area (TPSA) is 137 Å². The van der Waals surface area contributed by atoms with Crippen molar-refractivity contribution in [2.24, 2.45) is 0 Å². The second-order valence-corrected chi connectivity index (χ2v) is 6.28. The van der Waals surface area contributed by atoms with Crippen LogP contribution in [0.25, 0.3) is 0 Å². The number of carbonyl (C=O) groups is 1. The quantitative estimate of drug-likeness (QED) is 0.415. The Kier molecular flexibility index (Phi) is 7.09. The lowest BCUT2D eigenvalue weighted by molar-refractivity contribution is -0.393. The summed E-state index contributed by atoms with van der Waals surface area (Å²) in [5.74, 6) is 0. The molecule has 138 valence electrons. The summed E-state index contributed by atoms with van der Waals surface area (Å²) in [7, 11) is 0. The molecular formula is C15H22N4O6. The number of nitrogens with one attached hydrogen (secondary N) is 2. The van der Waals surface area contributed by atoms with E-state index in [1.807, 2.05) is 0 Å². The van der Waals surface area contributed by atoms with Gasteiger partial charge >= 0.3 is 6.09 Å².